The van der Waals surface area contributed by atoms with E-state index in [9.17, 15) is 0 Å². The second-order valence-electron chi connectivity index (χ2n) is 11.6. The van der Waals surface area contributed by atoms with Crippen LogP contribution in [0.3, 0.4) is 0 Å². The van der Waals surface area contributed by atoms with Crippen LogP contribution in [0.5, 0.6) is 0 Å². The molecule has 7 aromatic carbocycles. The van der Waals surface area contributed by atoms with Crippen LogP contribution >= 0.6 is 0 Å². The summed E-state index contributed by atoms with van der Waals surface area (Å²) in [5.74, 6) is 1.80. The van der Waals surface area contributed by atoms with Gasteiger partial charge >= 0.3 is 0 Å². The van der Waals surface area contributed by atoms with E-state index in [1.807, 2.05) is 54.6 Å². The summed E-state index contributed by atoms with van der Waals surface area (Å²) in [4.78, 5) is 15.5. The van der Waals surface area contributed by atoms with Crippen LogP contribution in [0.2, 0.25) is 0 Å². The van der Waals surface area contributed by atoms with Gasteiger partial charge in [-0.15, -0.1) is 0 Å². The van der Waals surface area contributed by atoms with E-state index >= 15 is 0 Å². The van der Waals surface area contributed by atoms with Gasteiger partial charge in [0.25, 0.3) is 0 Å². The van der Waals surface area contributed by atoms with Crippen molar-refractivity contribution in [2.75, 3.05) is 0 Å². The summed E-state index contributed by atoms with van der Waals surface area (Å²) < 4.78 is 12.5. The Bertz CT molecular complexity index is 2830. The van der Waals surface area contributed by atoms with E-state index in [4.69, 9.17) is 23.8 Å². The Kier molecular flexibility index (Phi) is 5.22. The fourth-order valence-corrected chi connectivity index (χ4v) is 6.72. The second kappa shape index (κ2) is 9.58. The predicted octanol–water partition coefficient (Wildman–Crippen LogP) is 11.0. The van der Waals surface area contributed by atoms with E-state index in [1.165, 1.54) is 5.39 Å². The summed E-state index contributed by atoms with van der Waals surface area (Å²) in [5, 5.41) is 8.51. The van der Waals surface area contributed by atoms with Gasteiger partial charge in [0.15, 0.2) is 17.5 Å². The largest absolute Gasteiger partial charge is 0.456 e. The number of hydrogen-bond donors (Lipinski definition) is 0. The fraction of sp³-hybridized carbons (Fsp3) is 0. The Balaban J connectivity index is 1.30. The van der Waals surface area contributed by atoms with E-state index in [0.717, 1.165) is 76.7 Å². The van der Waals surface area contributed by atoms with Gasteiger partial charge in [0.1, 0.15) is 22.3 Å². The Morgan fingerprint density at radius 2 is 0.913 bits per heavy atom. The third-order valence-corrected chi connectivity index (χ3v) is 8.89. The van der Waals surface area contributed by atoms with Crippen LogP contribution in [0.4, 0.5) is 0 Å². The molecule has 3 aromatic heterocycles. The summed E-state index contributed by atoms with van der Waals surface area (Å²) in [5.41, 5.74) is 6.05. The standard InChI is InChI=1S/C41H23N3O2/c1-2-10-25-21-27(18-17-24(25)9-1)39-42-40(28-19-20-35-32(22-28)30-13-5-7-15-33(30)45-35)44-41(43-39)38-29-12-4-3-11-26(29)23-36-37(38)31-14-6-8-16-34(31)46-36/h1-23H. The molecule has 46 heavy (non-hydrogen) atoms. The molecule has 10 rings (SSSR count). The Morgan fingerprint density at radius 1 is 0.348 bits per heavy atom. The molecule has 0 bridgehead atoms. The normalized spacial score (nSPS) is 11.9. The van der Waals surface area contributed by atoms with E-state index < -0.39 is 0 Å². The van der Waals surface area contributed by atoms with Gasteiger partial charge in [0.05, 0.1) is 0 Å². The molecular weight excluding hydrogens is 566 g/mol. The maximum atomic E-state index is 6.40. The Labute approximate surface area is 262 Å². The van der Waals surface area contributed by atoms with Gasteiger partial charge in [0, 0.05) is 38.2 Å². The molecule has 0 fully saturated rings. The van der Waals surface area contributed by atoms with E-state index in [-0.39, 0.29) is 0 Å². The van der Waals surface area contributed by atoms with Crippen molar-refractivity contribution in [2.24, 2.45) is 0 Å². The number of nitrogens with zero attached hydrogens (tertiary/aromatic N) is 3. The quantitative estimate of drug-likeness (QED) is 0.205. The fourth-order valence-electron chi connectivity index (χ4n) is 6.72. The van der Waals surface area contributed by atoms with Crippen molar-refractivity contribution in [2.45, 2.75) is 0 Å². The molecular formula is C41H23N3O2. The van der Waals surface area contributed by atoms with Gasteiger partial charge in [-0.3, -0.25) is 0 Å². The van der Waals surface area contributed by atoms with Crippen LogP contribution in [-0.2, 0) is 0 Å². The monoisotopic (exact) mass is 589 g/mol. The molecule has 5 nitrogen and oxygen atoms in total. The summed E-state index contributed by atoms with van der Waals surface area (Å²) in [6, 6.07) is 47.6. The smallest absolute Gasteiger partial charge is 0.165 e. The molecule has 0 saturated heterocycles. The molecule has 0 amide bonds. The highest BCUT2D eigenvalue weighted by Gasteiger charge is 2.21. The van der Waals surface area contributed by atoms with E-state index in [2.05, 4.69) is 84.9 Å². The van der Waals surface area contributed by atoms with E-state index in [0.29, 0.717) is 17.5 Å². The molecule has 0 spiro atoms. The third-order valence-electron chi connectivity index (χ3n) is 8.89. The molecule has 3 heterocycles. The topological polar surface area (TPSA) is 65.0 Å². The minimum Gasteiger partial charge on any atom is -0.456 e. The molecule has 214 valence electrons. The number of benzene rings is 7. The van der Waals surface area contributed by atoms with Gasteiger partial charge in [-0.2, -0.15) is 0 Å². The first-order valence-corrected chi connectivity index (χ1v) is 15.3. The molecule has 0 radical (unpaired) electrons. The SMILES string of the molecule is c1ccc2cc(-c3nc(-c4ccc5oc6ccccc6c5c4)nc(-c4c5ccccc5cc5oc6ccccc6c45)n3)ccc2c1. The van der Waals surface area contributed by atoms with Crippen LogP contribution in [0.25, 0.3) is 99.6 Å². The first kappa shape index (κ1) is 25.0. The zero-order chi connectivity index (χ0) is 30.2. The summed E-state index contributed by atoms with van der Waals surface area (Å²) in [6.45, 7) is 0. The van der Waals surface area contributed by atoms with Crippen LogP contribution < -0.4 is 0 Å². The maximum absolute atomic E-state index is 6.40. The second-order valence-corrected chi connectivity index (χ2v) is 11.6. The van der Waals surface area contributed by atoms with Gasteiger partial charge in [-0.1, -0.05) is 97.1 Å². The van der Waals surface area contributed by atoms with E-state index in [1.54, 1.807) is 0 Å². The number of rotatable bonds is 3. The first-order valence-electron chi connectivity index (χ1n) is 15.3. The highest BCUT2D eigenvalue weighted by atomic mass is 16.3. The van der Waals surface area contributed by atoms with Crippen molar-refractivity contribution >= 4 is 65.4 Å². The molecule has 5 heteroatoms. The van der Waals surface area contributed by atoms with Crippen molar-refractivity contribution < 1.29 is 8.83 Å². The van der Waals surface area contributed by atoms with Crippen LogP contribution in [0.1, 0.15) is 0 Å². The average Bonchev–Trinajstić information content (AvgIpc) is 3.68. The number of aromatic nitrogens is 3. The maximum Gasteiger partial charge on any atom is 0.165 e. The van der Waals surface area contributed by atoms with Crippen LogP contribution in [-0.4, -0.2) is 15.0 Å². The van der Waals surface area contributed by atoms with Crippen molar-refractivity contribution in [1.29, 1.82) is 0 Å². The highest BCUT2D eigenvalue weighted by Crippen LogP contribution is 2.41. The van der Waals surface area contributed by atoms with Gasteiger partial charge in [-0.25, -0.2) is 15.0 Å². The van der Waals surface area contributed by atoms with Crippen molar-refractivity contribution in [3.63, 3.8) is 0 Å². The molecule has 0 aliphatic rings. The molecule has 0 saturated carbocycles. The zero-order valence-electron chi connectivity index (χ0n) is 24.4. The predicted molar refractivity (Wildman–Crippen MR) is 186 cm³/mol. The van der Waals surface area contributed by atoms with Gasteiger partial charge < -0.3 is 8.83 Å². The third kappa shape index (κ3) is 3.79. The lowest BCUT2D eigenvalue weighted by Gasteiger charge is -2.12. The van der Waals surface area contributed by atoms with Crippen molar-refractivity contribution in [3.8, 4) is 34.2 Å². The van der Waals surface area contributed by atoms with Crippen molar-refractivity contribution in [1.82, 2.24) is 15.0 Å². The van der Waals surface area contributed by atoms with Gasteiger partial charge in [0.2, 0.25) is 0 Å². The minimum atomic E-state index is 0.592. The Hall–Kier alpha value is -6.33. The average molecular weight is 590 g/mol. The number of para-hydroxylation sites is 2. The molecule has 10 aromatic rings. The lowest BCUT2D eigenvalue weighted by atomic mass is 9.97. The van der Waals surface area contributed by atoms with Crippen molar-refractivity contribution in [3.05, 3.63) is 140 Å². The minimum absolute atomic E-state index is 0.592. The lowest BCUT2D eigenvalue weighted by molar-refractivity contribution is 0.668. The summed E-state index contributed by atoms with van der Waals surface area (Å²) in [6.07, 6.45) is 0. The lowest BCUT2D eigenvalue weighted by Crippen LogP contribution is -2.01. The molecule has 0 aliphatic carbocycles. The highest BCUT2D eigenvalue weighted by molar-refractivity contribution is 6.20. The molecule has 0 aliphatic heterocycles. The summed E-state index contributed by atoms with van der Waals surface area (Å²) in [7, 11) is 0. The summed E-state index contributed by atoms with van der Waals surface area (Å²) >= 11 is 0. The van der Waals surface area contributed by atoms with Crippen LogP contribution in [0, 0.1) is 0 Å². The molecule has 0 atom stereocenters. The first-order chi connectivity index (χ1) is 22.8. The molecule has 0 N–H and O–H groups in total. The molecule has 0 unspecified atom stereocenters. The number of fused-ring (bicyclic) bond motifs is 8. The number of furan rings is 2. The van der Waals surface area contributed by atoms with Gasteiger partial charge in [-0.05, 0) is 64.0 Å². The zero-order valence-corrected chi connectivity index (χ0v) is 24.4. The van der Waals surface area contributed by atoms with Crippen LogP contribution in [0.15, 0.2) is 148 Å². The Morgan fingerprint density at radius 3 is 1.74 bits per heavy atom. The number of hydrogen-bond acceptors (Lipinski definition) is 5.